The number of nitrogens with one attached hydrogen (secondary N) is 3. The maximum absolute atomic E-state index is 13.6. The molecule has 2 aromatic heterocycles. The third kappa shape index (κ3) is 6.33. The Bertz CT molecular complexity index is 1430. The largest absolute Gasteiger partial charge is 0.353 e. The molecular formula is C25H29FN6O4S. The van der Waals surface area contributed by atoms with E-state index in [9.17, 15) is 17.6 Å². The van der Waals surface area contributed by atoms with Gasteiger partial charge in [0.15, 0.2) is 0 Å². The first-order valence-electron chi connectivity index (χ1n) is 11.7. The maximum Gasteiger partial charge on any atom is 0.278 e. The molecule has 1 amide bonds. The van der Waals surface area contributed by atoms with Crippen LogP contribution < -0.4 is 20.4 Å². The van der Waals surface area contributed by atoms with Crippen LogP contribution in [0.1, 0.15) is 47.3 Å². The first kappa shape index (κ1) is 26.3. The van der Waals surface area contributed by atoms with Crippen molar-refractivity contribution in [3.05, 3.63) is 65.2 Å². The van der Waals surface area contributed by atoms with Crippen molar-refractivity contribution in [3.63, 3.8) is 0 Å². The smallest absolute Gasteiger partial charge is 0.278 e. The molecule has 1 aromatic carbocycles. The molecule has 4 rings (SSSR count). The lowest BCUT2D eigenvalue weighted by Crippen LogP contribution is -2.26. The van der Waals surface area contributed by atoms with Gasteiger partial charge in [-0.15, -0.1) is 0 Å². The van der Waals surface area contributed by atoms with Crippen LogP contribution in [0.4, 0.5) is 33.1 Å². The van der Waals surface area contributed by atoms with E-state index < -0.39 is 21.7 Å². The Morgan fingerprint density at radius 1 is 1.14 bits per heavy atom. The number of hydroxylamine groups is 1. The average molecular weight is 529 g/mol. The van der Waals surface area contributed by atoms with E-state index in [1.165, 1.54) is 29.7 Å². The third-order valence-corrected chi connectivity index (χ3v) is 7.10. The summed E-state index contributed by atoms with van der Waals surface area (Å²) in [6.07, 6.45) is 4.61. The molecule has 1 saturated carbocycles. The minimum absolute atomic E-state index is 0.168. The number of benzene rings is 1. The maximum atomic E-state index is 13.6. The van der Waals surface area contributed by atoms with Crippen LogP contribution in [-0.4, -0.2) is 44.2 Å². The lowest BCUT2D eigenvalue weighted by Gasteiger charge is -2.23. The van der Waals surface area contributed by atoms with Crippen LogP contribution in [0.15, 0.2) is 42.6 Å². The van der Waals surface area contributed by atoms with Crippen LogP contribution in [-0.2, 0) is 14.9 Å². The van der Waals surface area contributed by atoms with Crippen LogP contribution >= 0.6 is 0 Å². The predicted molar refractivity (Wildman–Crippen MR) is 140 cm³/mol. The summed E-state index contributed by atoms with van der Waals surface area (Å²) in [6, 6.07) is 9.95. The molecule has 0 atom stereocenters. The molecule has 0 aliphatic heterocycles. The summed E-state index contributed by atoms with van der Waals surface area (Å²) in [5, 5.41) is 6.21. The van der Waals surface area contributed by atoms with Crippen molar-refractivity contribution in [3.8, 4) is 0 Å². The molecule has 10 nitrogen and oxygen atoms in total. The number of aromatic nitrogens is 2. The molecule has 3 aromatic rings. The molecule has 0 bridgehead atoms. The standard InChI is InChI=1S/C25H29FN6O4S/c1-5-36-31-25(33)18-14-27-24(30-23-11-9-19(26)15(2)28-23)13-21(18)29-20-10-8-17(16-6-7-16)12-22(20)32(3)37(4,34)35/h8-14,16H,5-7H2,1-4H3,(H,31,33)(H2,27,28,29,30). The van der Waals surface area contributed by atoms with E-state index in [1.807, 2.05) is 12.1 Å². The Kier molecular flexibility index (Phi) is 7.60. The second kappa shape index (κ2) is 10.7. The van der Waals surface area contributed by atoms with Gasteiger partial charge in [0.1, 0.15) is 17.5 Å². The average Bonchev–Trinajstić information content (AvgIpc) is 3.70. The minimum atomic E-state index is -3.56. The van der Waals surface area contributed by atoms with E-state index in [-0.39, 0.29) is 17.9 Å². The minimum Gasteiger partial charge on any atom is -0.353 e. The van der Waals surface area contributed by atoms with E-state index in [0.717, 1.165) is 24.7 Å². The van der Waals surface area contributed by atoms with Crippen molar-refractivity contribution in [1.29, 1.82) is 0 Å². The molecule has 1 aliphatic carbocycles. The number of pyridine rings is 2. The van der Waals surface area contributed by atoms with Crippen molar-refractivity contribution in [2.45, 2.75) is 32.6 Å². The highest BCUT2D eigenvalue weighted by atomic mass is 32.2. The zero-order chi connectivity index (χ0) is 26.7. The van der Waals surface area contributed by atoms with Gasteiger partial charge < -0.3 is 10.6 Å². The van der Waals surface area contributed by atoms with Gasteiger partial charge in [-0.2, -0.15) is 0 Å². The molecule has 0 radical (unpaired) electrons. The van der Waals surface area contributed by atoms with Crippen molar-refractivity contribution in [2.75, 3.05) is 34.8 Å². The first-order chi connectivity index (χ1) is 17.6. The third-order valence-electron chi connectivity index (χ3n) is 5.91. The van der Waals surface area contributed by atoms with Gasteiger partial charge in [-0.25, -0.2) is 28.3 Å². The number of hydrogen-bond acceptors (Lipinski definition) is 8. The second-order valence-electron chi connectivity index (χ2n) is 8.77. The van der Waals surface area contributed by atoms with E-state index in [2.05, 4.69) is 26.1 Å². The quantitative estimate of drug-likeness (QED) is 0.331. The molecule has 2 heterocycles. The monoisotopic (exact) mass is 528 g/mol. The zero-order valence-corrected chi connectivity index (χ0v) is 21.8. The normalized spacial score (nSPS) is 13.2. The highest BCUT2D eigenvalue weighted by Crippen LogP contribution is 2.43. The predicted octanol–water partition coefficient (Wildman–Crippen LogP) is 4.37. The van der Waals surface area contributed by atoms with Crippen LogP contribution in [0.5, 0.6) is 0 Å². The number of amides is 1. The Morgan fingerprint density at radius 3 is 2.54 bits per heavy atom. The summed E-state index contributed by atoms with van der Waals surface area (Å²) in [7, 11) is -2.07. The number of rotatable bonds is 10. The van der Waals surface area contributed by atoms with Crippen LogP contribution in [0.25, 0.3) is 0 Å². The Morgan fingerprint density at radius 2 is 1.89 bits per heavy atom. The molecule has 12 heteroatoms. The molecular weight excluding hydrogens is 499 g/mol. The highest BCUT2D eigenvalue weighted by molar-refractivity contribution is 7.92. The number of hydrogen-bond donors (Lipinski definition) is 3. The topological polar surface area (TPSA) is 126 Å². The van der Waals surface area contributed by atoms with E-state index >= 15 is 0 Å². The van der Waals surface area contributed by atoms with Gasteiger partial charge in [0, 0.05) is 19.3 Å². The lowest BCUT2D eigenvalue weighted by molar-refractivity contribution is 0.0365. The molecule has 3 N–H and O–H groups in total. The van der Waals surface area contributed by atoms with E-state index in [0.29, 0.717) is 34.6 Å². The van der Waals surface area contributed by atoms with Gasteiger partial charge in [-0.3, -0.25) is 13.9 Å². The number of nitrogens with zero attached hydrogens (tertiary/aromatic N) is 3. The number of carbonyl (C=O) groups excluding carboxylic acids is 1. The fourth-order valence-corrected chi connectivity index (χ4v) is 4.16. The fourth-order valence-electron chi connectivity index (χ4n) is 3.65. The van der Waals surface area contributed by atoms with Crippen molar-refractivity contribution < 1.29 is 22.4 Å². The number of anilines is 5. The summed E-state index contributed by atoms with van der Waals surface area (Å²) in [6.45, 7) is 3.55. The van der Waals surface area contributed by atoms with Crippen LogP contribution in [0.3, 0.4) is 0 Å². The van der Waals surface area contributed by atoms with Crippen molar-refractivity contribution >= 4 is 44.6 Å². The van der Waals surface area contributed by atoms with Gasteiger partial charge in [-0.05, 0) is 62.4 Å². The Hall–Kier alpha value is -3.77. The van der Waals surface area contributed by atoms with E-state index in [1.54, 1.807) is 26.0 Å². The summed E-state index contributed by atoms with van der Waals surface area (Å²) < 4.78 is 39.6. The van der Waals surface area contributed by atoms with Gasteiger partial charge >= 0.3 is 0 Å². The number of carbonyl (C=O) groups is 1. The van der Waals surface area contributed by atoms with Gasteiger partial charge in [0.25, 0.3) is 5.91 Å². The first-order valence-corrected chi connectivity index (χ1v) is 13.6. The zero-order valence-electron chi connectivity index (χ0n) is 21.0. The summed E-state index contributed by atoms with van der Waals surface area (Å²) >= 11 is 0. The Balaban J connectivity index is 1.74. The molecule has 1 aliphatic rings. The van der Waals surface area contributed by atoms with Crippen LogP contribution in [0.2, 0.25) is 0 Å². The second-order valence-corrected chi connectivity index (χ2v) is 10.8. The SMILES string of the molecule is CCONC(=O)c1cnc(Nc2ccc(F)c(C)n2)cc1Nc1ccc(C2CC2)cc1N(C)S(C)(=O)=O. The molecule has 0 unspecified atom stereocenters. The van der Waals surface area contributed by atoms with E-state index in [4.69, 9.17) is 4.84 Å². The Labute approximate surface area is 215 Å². The fraction of sp³-hybridized carbons (Fsp3) is 0.320. The number of sulfonamides is 1. The summed E-state index contributed by atoms with van der Waals surface area (Å²) in [4.78, 5) is 26.3. The molecule has 1 fully saturated rings. The van der Waals surface area contributed by atoms with Gasteiger partial charge in [0.05, 0.1) is 41.2 Å². The van der Waals surface area contributed by atoms with Gasteiger partial charge in [-0.1, -0.05) is 6.07 Å². The highest BCUT2D eigenvalue weighted by Gasteiger charge is 2.26. The molecule has 37 heavy (non-hydrogen) atoms. The number of halogens is 1. The van der Waals surface area contributed by atoms with Gasteiger partial charge in [0.2, 0.25) is 10.0 Å². The molecule has 196 valence electrons. The lowest BCUT2D eigenvalue weighted by atomic mass is 10.1. The summed E-state index contributed by atoms with van der Waals surface area (Å²) in [5.74, 6) is 0.154. The molecule has 0 spiro atoms. The number of aryl methyl sites for hydroxylation is 1. The van der Waals surface area contributed by atoms with Crippen LogP contribution in [0, 0.1) is 12.7 Å². The summed E-state index contributed by atoms with van der Waals surface area (Å²) in [5.41, 5.74) is 5.07. The van der Waals surface area contributed by atoms with Crippen molar-refractivity contribution in [2.24, 2.45) is 0 Å². The van der Waals surface area contributed by atoms with Crippen molar-refractivity contribution in [1.82, 2.24) is 15.4 Å². The molecule has 0 saturated heterocycles.